The fourth-order valence-electron chi connectivity index (χ4n) is 4.09. The Labute approximate surface area is 174 Å². The number of carbonyl (C=O) groups is 2. The lowest BCUT2D eigenvalue weighted by Crippen LogP contribution is -2.51. The molecule has 0 aromatic heterocycles. The topological polar surface area (TPSA) is 59.1 Å². The van der Waals surface area contributed by atoms with Gasteiger partial charge in [-0.15, -0.1) is 11.8 Å². The Kier molecular flexibility index (Phi) is 5.27. The third-order valence-corrected chi connectivity index (χ3v) is 6.98. The van der Waals surface area contributed by atoms with Crippen molar-refractivity contribution in [3.05, 3.63) is 59.2 Å². The van der Waals surface area contributed by atoms with E-state index in [-0.39, 0.29) is 18.4 Å². The highest BCUT2D eigenvalue weighted by Gasteiger charge is 2.59. The van der Waals surface area contributed by atoms with Gasteiger partial charge in [0.15, 0.2) is 4.87 Å². The molecule has 29 heavy (non-hydrogen) atoms. The molecule has 1 atom stereocenters. The second-order valence-electron chi connectivity index (χ2n) is 7.17. The molecule has 0 N–H and O–H groups in total. The maximum atomic E-state index is 13.9. The van der Waals surface area contributed by atoms with Crippen LogP contribution in [0.1, 0.15) is 16.7 Å². The van der Waals surface area contributed by atoms with E-state index in [4.69, 9.17) is 9.47 Å². The summed E-state index contributed by atoms with van der Waals surface area (Å²) < 4.78 is 10.5. The first-order valence-electron chi connectivity index (χ1n) is 9.51. The minimum atomic E-state index is -1.07. The number of nitrogens with zero attached hydrogens (tertiary/aromatic N) is 2. The number of carbonyl (C=O) groups excluding carboxylic acids is 2. The second-order valence-corrected chi connectivity index (χ2v) is 8.46. The van der Waals surface area contributed by atoms with Gasteiger partial charge in [0, 0.05) is 25.0 Å². The van der Waals surface area contributed by atoms with Crippen LogP contribution in [0.4, 0.5) is 5.69 Å². The van der Waals surface area contributed by atoms with Crippen LogP contribution in [0, 0.1) is 6.92 Å². The van der Waals surface area contributed by atoms with E-state index < -0.39 is 4.87 Å². The molecule has 2 aliphatic rings. The van der Waals surface area contributed by atoms with Crippen molar-refractivity contribution in [1.82, 2.24) is 4.90 Å². The molecule has 6 nitrogen and oxygen atoms in total. The summed E-state index contributed by atoms with van der Waals surface area (Å²) in [6.45, 7) is 2.96. The van der Waals surface area contributed by atoms with Crippen molar-refractivity contribution in [3.8, 4) is 5.75 Å². The molecule has 1 spiro atoms. The molecule has 1 fully saturated rings. The number of benzene rings is 2. The Bertz CT molecular complexity index is 964. The summed E-state index contributed by atoms with van der Waals surface area (Å²) in [5, 5.41) is 0. The highest BCUT2D eigenvalue weighted by atomic mass is 32.2. The maximum absolute atomic E-state index is 13.9. The SMILES string of the molecule is COCC(=O)N1CCS[C@@]12C(=O)N(Cc1ccccc1C)c1ccc(OC)cc12. The van der Waals surface area contributed by atoms with E-state index in [1.165, 1.54) is 18.9 Å². The summed E-state index contributed by atoms with van der Waals surface area (Å²) in [6, 6.07) is 13.7. The van der Waals surface area contributed by atoms with Crippen molar-refractivity contribution in [2.24, 2.45) is 0 Å². The molecule has 2 aliphatic heterocycles. The van der Waals surface area contributed by atoms with Gasteiger partial charge in [-0.05, 0) is 36.2 Å². The molecule has 0 unspecified atom stereocenters. The summed E-state index contributed by atoms with van der Waals surface area (Å²) in [4.78, 5) is 29.1. The number of hydrogen-bond acceptors (Lipinski definition) is 5. The van der Waals surface area contributed by atoms with Gasteiger partial charge in [-0.25, -0.2) is 0 Å². The largest absolute Gasteiger partial charge is 0.497 e. The second kappa shape index (κ2) is 7.72. The zero-order chi connectivity index (χ0) is 20.6. The van der Waals surface area contributed by atoms with Crippen LogP contribution in [0.5, 0.6) is 5.75 Å². The van der Waals surface area contributed by atoms with E-state index in [1.54, 1.807) is 16.9 Å². The number of ether oxygens (including phenoxy) is 2. The molecule has 2 amide bonds. The van der Waals surface area contributed by atoms with Crippen molar-refractivity contribution in [3.63, 3.8) is 0 Å². The smallest absolute Gasteiger partial charge is 0.268 e. The molecule has 0 radical (unpaired) electrons. The van der Waals surface area contributed by atoms with Gasteiger partial charge in [-0.3, -0.25) is 9.59 Å². The van der Waals surface area contributed by atoms with E-state index in [1.807, 2.05) is 49.4 Å². The lowest BCUT2D eigenvalue weighted by Gasteiger charge is -2.33. The summed E-state index contributed by atoms with van der Waals surface area (Å²) in [6.07, 6.45) is 0. The summed E-state index contributed by atoms with van der Waals surface area (Å²) in [5.74, 6) is 1.09. The van der Waals surface area contributed by atoms with E-state index >= 15 is 0 Å². The number of rotatable bonds is 5. The predicted octanol–water partition coefficient (Wildman–Crippen LogP) is 2.93. The molecule has 2 aromatic rings. The fraction of sp³-hybridized carbons (Fsp3) is 0.364. The van der Waals surface area contributed by atoms with Crippen molar-refractivity contribution >= 4 is 29.3 Å². The average molecular weight is 413 g/mol. The van der Waals surface area contributed by atoms with Gasteiger partial charge in [0.2, 0.25) is 5.91 Å². The lowest BCUT2D eigenvalue weighted by molar-refractivity contribution is -0.143. The Morgan fingerprint density at radius 2 is 2.00 bits per heavy atom. The Hall–Kier alpha value is -2.51. The standard InChI is InChI=1S/C22H24N2O4S/c1-15-6-4-5-7-16(15)13-23-19-9-8-17(28-3)12-18(19)22(21(23)26)24(10-11-29-22)20(25)14-27-2/h4-9,12H,10-11,13-14H2,1-3H3/t22-/m0/s1. The Morgan fingerprint density at radius 3 is 2.72 bits per heavy atom. The van der Waals surface area contributed by atoms with E-state index in [2.05, 4.69) is 0 Å². The third-order valence-electron chi connectivity index (χ3n) is 5.56. The normalized spacial score (nSPS) is 20.4. The molecule has 4 rings (SSSR count). The van der Waals surface area contributed by atoms with Crippen LogP contribution in [0.3, 0.4) is 0 Å². The molecule has 1 saturated heterocycles. The number of anilines is 1. The quantitative estimate of drug-likeness (QED) is 0.756. The molecular weight excluding hydrogens is 388 g/mol. The van der Waals surface area contributed by atoms with Crippen LogP contribution in [-0.4, -0.2) is 49.8 Å². The van der Waals surface area contributed by atoms with Gasteiger partial charge in [-0.2, -0.15) is 0 Å². The van der Waals surface area contributed by atoms with Crippen molar-refractivity contribution in [2.75, 3.05) is 38.0 Å². The summed E-state index contributed by atoms with van der Waals surface area (Å²) >= 11 is 1.51. The van der Waals surface area contributed by atoms with Gasteiger partial charge < -0.3 is 19.3 Å². The first-order chi connectivity index (χ1) is 14.0. The fourth-order valence-corrected chi connectivity index (χ4v) is 5.56. The number of thioether (sulfide) groups is 1. The summed E-state index contributed by atoms with van der Waals surface area (Å²) in [5.41, 5.74) is 3.84. The third kappa shape index (κ3) is 3.09. The van der Waals surface area contributed by atoms with Gasteiger partial charge >= 0.3 is 0 Å². The number of amides is 2. The van der Waals surface area contributed by atoms with E-state index in [0.29, 0.717) is 24.6 Å². The Balaban J connectivity index is 1.82. The van der Waals surface area contributed by atoms with Crippen LogP contribution in [0.25, 0.3) is 0 Å². The number of methoxy groups -OCH3 is 2. The zero-order valence-electron chi connectivity index (χ0n) is 16.8. The van der Waals surface area contributed by atoms with Crippen molar-refractivity contribution in [2.45, 2.75) is 18.3 Å². The van der Waals surface area contributed by atoms with Crippen LogP contribution < -0.4 is 9.64 Å². The van der Waals surface area contributed by atoms with E-state index in [9.17, 15) is 9.59 Å². The Morgan fingerprint density at radius 1 is 1.21 bits per heavy atom. The maximum Gasteiger partial charge on any atom is 0.268 e. The molecule has 0 aliphatic carbocycles. The molecule has 2 aromatic carbocycles. The molecule has 152 valence electrons. The molecule has 2 heterocycles. The predicted molar refractivity (Wildman–Crippen MR) is 113 cm³/mol. The zero-order valence-corrected chi connectivity index (χ0v) is 17.6. The minimum Gasteiger partial charge on any atom is -0.497 e. The number of aryl methyl sites for hydroxylation is 1. The molecular formula is C22H24N2O4S. The van der Waals surface area contributed by atoms with Crippen LogP contribution in [-0.2, 0) is 25.7 Å². The highest BCUT2D eigenvalue weighted by molar-refractivity contribution is 8.01. The first-order valence-corrected chi connectivity index (χ1v) is 10.5. The van der Waals surface area contributed by atoms with Gasteiger partial charge in [0.05, 0.1) is 19.3 Å². The van der Waals surface area contributed by atoms with Crippen LogP contribution in [0.15, 0.2) is 42.5 Å². The van der Waals surface area contributed by atoms with E-state index in [0.717, 1.165) is 22.4 Å². The van der Waals surface area contributed by atoms with Crippen molar-refractivity contribution in [1.29, 1.82) is 0 Å². The number of hydrogen-bond donors (Lipinski definition) is 0. The van der Waals surface area contributed by atoms with Crippen LogP contribution >= 0.6 is 11.8 Å². The number of fused-ring (bicyclic) bond motifs is 2. The molecule has 0 bridgehead atoms. The van der Waals surface area contributed by atoms with Crippen LogP contribution in [0.2, 0.25) is 0 Å². The van der Waals surface area contributed by atoms with Gasteiger partial charge in [0.25, 0.3) is 5.91 Å². The van der Waals surface area contributed by atoms with Gasteiger partial charge in [0.1, 0.15) is 12.4 Å². The molecule has 0 saturated carbocycles. The first kappa shape index (κ1) is 19.8. The van der Waals surface area contributed by atoms with Gasteiger partial charge in [-0.1, -0.05) is 24.3 Å². The molecule has 7 heteroatoms. The monoisotopic (exact) mass is 412 g/mol. The summed E-state index contributed by atoms with van der Waals surface area (Å²) in [7, 11) is 3.09. The lowest BCUT2D eigenvalue weighted by atomic mass is 10.1. The van der Waals surface area contributed by atoms with Crippen molar-refractivity contribution < 1.29 is 19.1 Å². The average Bonchev–Trinajstić information content (AvgIpc) is 3.27. The minimum absolute atomic E-state index is 0.0489. The highest BCUT2D eigenvalue weighted by Crippen LogP contribution is 2.55.